The van der Waals surface area contributed by atoms with Crippen molar-refractivity contribution in [1.29, 1.82) is 0 Å². The first-order valence-electron chi connectivity index (χ1n) is 5.18. The molecule has 3 atom stereocenters. The third-order valence-electron chi connectivity index (χ3n) is 3.06. The summed E-state index contributed by atoms with van der Waals surface area (Å²) >= 11 is 1.73. The molecule has 1 aromatic heterocycles. The van der Waals surface area contributed by atoms with Gasteiger partial charge in [-0.25, -0.2) is 0 Å². The number of rotatable bonds is 3. The standard InChI is InChI=1S/C11H17NOS/c1-8-6-12-7-10(8)11(13)5-9-3-2-4-14-9/h2-4,8,10-13H,5-7H2,1H3. The maximum atomic E-state index is 10.1. The highest BCUT2D eigenvalue weighted by Crippen LogP contribution is 2.23. The Morgan fingerprint density at radius 3 is 3.07 bits per heavy atom. The van der Waals surface area contributed by atoms with E-state index in [1.54, 1.807) is 11.3 Å². The summed E-state index contributed by atoms with van der Waals surface area (Å²) in [5, 5.41) is 15.5. The molecule has 1 aliphatic heterocycles. The van der Waals surface area contributed by atoms with Crippen molar-refractivity contribution in [2.75, 3.05) is 13.1 Å². The predicted molar refractivity (Wildman–Crippen MR) is 59.6 cm³/mol. The Hall–Kier alpha value is -0.380. The van der Waals surface area contributed by atoms with Crippen LogP contribution in [0.1, 0.15) is 11.8 Å². The first-order chi connectivity index (χ1) is 6.77. The minimum atomic E-state index is -0.182. The van der Waals surface area contributed by atoms with Gasteiger partial charge in [-0.1, -0.05) is 13.0 Å². The maximum absolute atomic E-state index is 10.1. The third-order valence-corrected chi connectivity index (χ3v) is 3.96. The predicted octanol–water partition coefficient (Wildman–Crippen LogP) is 1.51. The first-order valence-corrected chi connectivity index (χ1v) is 6.06. The van der Waals surface area contributed by atoms with Gasteiger partial charge in [-0.15, -0.1) is 11.3 Å². The summed E-state index contributed by atoms with van der Waals surface area (Å²) < 4.78 is 0. The zero-order valence-corrected chi connectivity index (χ0v) is 9.26. The largest absolute Gasteiger partial charge is 0.392 e. The van der Waals surface area contributed by atoms with E-state index in [9.17, 15) is 5.11 Å². The molecule has 0 aliphatic carbocycles. The zero-order valence-electron chi connectivity index (χ0n) is 8.44. The van der Waals surface area contributed by atoms with Gasteiger partial charge in [-0.05, 0) is 23.9 Å². The Bertz CT molecular complexity index is 273. The smallest absolute Gasteiger partial charge is 0.0631 e. The molecule has 3 unspecified atom stereocenters. The second-order valence-corrected chi connectivity index (χ2v) is 5.18. The molecule has 0 amide bonds. The monoisotopic (exact) mass is 211 g/mol. The topological polar surface area (TPSA) is 32.3 Å². The van der Waals surface area contributed by atoms with Crippen molar-refractivity contribution in [2.24, 2.45) is 11.8 Å². The Balaban J connectivity index is 1.92. The van der Waals surface area contributed by atoms with E-state index in [0.29, 0.717) is 11.8 Å². The van der Waals surface area contributed by atoms with Gasteiger partial charge in [0.15, 0.2) is 0 Å². The van der Waals surface area contributed by atoms with Gasteiger partial charge in [0.25, 0.3) is 0 Å². The van der Waals surface area contributed by atoms with Crippen LogP contribution in [0.25, 0.3) is 0 Å². The van der Waals surface area contributed by atoms with Gasteiger partial charge in [0.05, 0.1) is 6.10 Å². The molecule has 1 aliphatic rings. The summed E-state index contributed by atoms with van der Waals surface area (Å²) in [6.07, 6.45) is 0.632. The van der Waals surface area contributed by atoms with E-state index in [2.05, 4.69) is 23.7 Å². The number of aliphatic hydroxyl groups excluding tert-OH is 1. The van der Waals surface area contributed by atoms with E-state index in [1.807, 2.05) is 6.07 Å². The summed E-state index contributed by atoms with van der Waals surface area (Å²) in [4.78, 5) is 1.29. The Morgan fingerprint density at radius 1 is 1.64 bits per heavy atom. The van der Waals surface area contributed by atoms with Crippen LogP contribution in [0, 0.1) is 11.8 Å². The van der Waals surface area contributed by atoms with Crippen molar-refractivity contribution < 1.29 is 5.11 Å². The van der Waals surface area contributed by atoms with Gasteiger partial charge in [-0.2, -0.15) is 0 Å². The van der Waals surface area contributed by atoms with Gasteiger partial charge in [0, 0.05) is 23.8 Å². The number of thiophene rings is 1. The first kappa shape index (κ1) is 10.1. The normalized spacial score (nSPS) is 29.3. The molecule has 3 heteroatoms. The van der Waals surface area contributed by atoms with Gasteiger partial charge >= 0.3 is 0 Å². The number of hydrogen-bond acceptors (Lipinski definition) is 3. The minimum absolute atomic E-state index is 0.182. The fourth-order valence-corrected chi connectivity index (χ4v) is 2.89. The van der Waals surface area contributed by atoms with Crippen molar-refractivity contribution in [3.8, 4) is 0 Å². The molecule has 2 N–H and O–H groups in total. The van der Waals surface area contributed by atoms with E-state index in [4.69, 9.17) is 0 Å². The lowest BCUT2D eigenvalue weighted by molar-refractivity contribution is 0.0989. The number of hydrogen-bond donors (Lipinski definition) is 2. The van der Waals surface area contributed by atoms with Crippen LogP contribution in [0.15, 0.2) is 17.5 Å². The fourth-order valence-electron chi connectivity index (χ4n) is 2.13. The van der Waals surface area contributed by atoms with Gasteiger partial charge < -0.3 is 10.4 Å². The number of aliphatic hydroxyl groups is 1. The van der Waals surface area contributed by atoms with Crippen LogP contribution in [-0.4, -0.2) is 24.3 Å². The van der Waals surface area contributed by atoms with Crippen LogP contribution in [0.2, 0.25) is 0 Å². The molecule has 2 rings (SSSR count). The highest BCUT2D eigenvalue weighted by atomic mass is 32.1. The average Bonchev–Trinajstić information content (AvgIpc) is 2.75. The molecule has 0 saturated carbocycles. The summed E-state index contributed by atoms with van der Waals surface area (Å²) in [6, 6.07) is 4.14. The molecule has 1 saturated heterocycles. The fraction of sp³-hybridized carbons (Fsp3) is 0.636. The van der Waals surface area contributed by atoms with E-state index < -0.39 is 0 Å². The highest BCUT2D eigenvalue weighted by Gasteiger charge is 2.29. The lowest BCUT2D eigenvalue weighted by Gasteiger charge is -2.20. The van der Waals surface area contributed by atoms with E-state index >= 15 is 0 Å². The highest BCUT2D eigenvalue weighted by molar-refractivity contribution is 7.09. The molecule has 1 fully saturated rings. The molecule has 78 valence electrons. The van der Waals surface area contributed by atoms with E-state index in [1.165, 1.54) is 4.88 Å². The van der Waals surface area contributed by atoms with Crippen LogP contribution < -0.4 is 5.32 Å². The van der Waals surface area contributed by atoms with E-state index in [0.717, 1.165) is 19.5 Å². The van der Waals surface area contributed by atoms with Crippen molar-refractivity contribution in [3.63, 3.8) is 0 Å². The Labute approximate surface area is 89.0 Å². The van der Waals surface area contributed by atoms with E-state index in [-0.39, 0.29) is 6.10 Å². The lowest BCUT2D eigenvalue weighted by Crippen LogP contribution is -2.27. The molecule has 0 aromatic carbocycles. The van der Waals surface area contributed by atoms with Gasteiger partial charge in [0.2, 0.25) is 0 Å². The van der Waals surface area contributed by atoms with Gasteiger partial charge in [0.1, 0.15) is 0 Å². The molecule has 2 nitrogen and oxygen atoms in total. The zero-order chi connectivity index (χ0) is 9.97. The molecule has 14 heavy (non-hydrogen) atoms. The summed E-state index contributed by atoms with van der Waals surface area (Å²) in [6.45, 7) is 4.22. The average molecular weight is 211 g/mol. The molecule has 0 spiro atoms. The molecular weight excluding hydrogens is 194 g/mol. The maximum Gasteiger partial charge on any atom is 0.0631 e. The Kier molecular flexibility index (Phi) is 3.21. The van der Waals surface area contributed by atoms with Crippen LogP contribution in [0.5, 0.6) is 0 Å². The van der Waals surface area contributed by atoms with Gasteiger partial charge in [-0.3, -0.25) is 0 Å². The second kappa shape index (κ2) is 4.43. The number of nitrogens with one attached hydrogen (secondary N) is 1. The molecule has 1 aromatic rings. The van der Waals surface area contributed by atoms with Crippen molar-refractivity contribution in [3.05, 3.63) is 22.4 Å². The van der Waals surface area contributed by atoms with Crippen LogP contribution >= 0.6 is 11.3 Å². The van der Waals surface area contributed by atoms with Crippen LogP contribution in [0.4, 0.5) is 0 Å². The summed E-state index contributed by atoms with van der Waals surface area (Å²) in [7, 11) is 0. The molecular formula is C11H17NOS. The third kappa shape index (κ3) is 2.16. The van der Waals surface area contributed by atoms with Crippen molar-refractivity contribution in [1.82, 2.24) is 5.32 Å². The lowest BCUT2D eigenvalue weighted by atomic mass is 9.90. The van der Waals surface area contributed by atoms with Crippen LogP contribution in [0.3, 0.4) is 0 Å². The Morgan fingerprint density at radius 2 is 2.50 bits per heavy atom. The van der Waals surface area contributed by atoms with Crippen LogP contribution in [-0.2, 0) is 6.42 Å². The van der Waals surface area contributed by atoms with Crippen molar-refractivity contribution in [2.45, 2.75) is 19.4 Å². The minimum Gasteiger partial charge on any atom is -0.392 e. The molecule has 2 heterocycles. The molecule has 0 radical (unpaired) electrons. The SMILES string of the molecule is CC1CNCC1C(O)Cc1cccs1. The molecule has 0 bridgehead atoms. The summed E-state index contributed by atoms with van der Waals surface area (Å²) in [5.74, 6) is 1.03. The van der Waals surface area contributed by atoms with Crippen molar-refractivity contribution >= 4 is 11.3 Å². The quantitative estimate of drug-likeness (QED) is 0.794. The summed E-state index contributed by atoms with van der Waals surface area (Å²) in [5.41, 5.74) is 0. The second-order valence-electron chi connectivity index (χ2n) is 4.15.